The van der Waals surface area contributed by atoms with Gasteiger partial charge in [-0.1, -0.05) is 0 Å². The fourth-order valence-corrected chi connectivity index (χ4v) is 0.306. The van der Waals surface area contributed by atoms with Gasteiger partial charge in [0, 0.05) is 0 Å². The molecule has 1 aliphatic heterocycles. The fourth-order valence-electron chi connectivity index (χ4n) is 0.102. The van der Waals surface area contributed by atoms with E-state index in [2.05, 4.69) is 18.7 Å². The van der Waals surface area contributed by atoms with Gasteiger partial charge in [0.25, 0.3) is 0 Å². The van der Waals surface area contributed by atoms with E-state index in [9.17, 15) is 8.42 Å². The van der Waals surface area contributed by atoms with Crippen LogP contribution in [0.4, 0.5) is 0 Å². The van der Waals surface area contributed by atoms with Gasteiger partial charge in [0.15, 0.2) is 0 Å². The van der Waals surface area contributed by atoms with Crippen LogP contribution >= 0.6 is 0 Å². The molecule has 8 heteroatoms. The normalized spacial score (nSPS) is 24.5. The molecule has 0 radical (unpaired) electrons. The van der Waals surface area contributed by atoms with Crippen molar-refractivity contribution in [1.29, 1.82) is 0 Å². The first-order chi connectivity index (χ1) is 3.21. The largest absolute Gasteiger partial charge is 1.00 e. The second kappa shape index (κ2) is 3.56. The zero-order valence-corrected chi connectivity index (χ0v) is 7.80. The zero-order valence-electron chi connectivity index (χ0n) is 4.86. The molecule has 0 aromatic carbocycles. The first-order valence-corrected chi connectivity index (χ1v) is 2.50. The minimum absolute atomic E-state index is 0. The molecule has 1 heterocycles. The Hall–Kier alpha value is 1.43. The van der Waals surface area contributed by atoms with Crippen molar-refractivity contribution in [3.63, 3.8) is 0 Å². The Morgan fingerprint density at radius 2 is 1.50 bits per heavy atom. The molecule has 8 heavy (non-hydrogen) atoms. The van der Waals surface area contributed by atoms with Gasteiger partial charge in [0.1, 0.15) is 0 Å². The van der Waals surface area contributed by atoms with E-state index in [1.807, 2.05) is 0 Å². The maximum absolute atomic E-state index is 9.74. The Morgan fingerprint density at radius 1 is 1.12 bits per heavy atom. The third-order valence-electron chi connectivity index (χ3n) is 0.250. The van der Waals surface area contributed by atoms with Crippen molar-refractivity contribution in [2.24, 2.45) is 0 Å². The van der Waals surface area contributed by atoms with E-state index in [0.717, 1.165) is 0 Å². The summed E-state index contributed by atoms with van der Waals surface area (Å²) in [6.45, 7) is 0. The second-order valence-corrected chi connectivity index (χ2v) is 1.77. The first-order valence-electron chi connectivity index (χ1n) is 1.17. The maximum Gasteiger partial charge on any atom is 1.00 e. The third-order valence-corrected chi connectivity index (χ3v) is 0.694. The molecule has 0 spiro atoms. The van der Waals surface area contributed by atoms with E-state index < -0.39 is 10.4 Å². The van der Waals surface area contributed by atoms with Crippen LogP contribution < -0.4 is 51.4 Å². The van der Waals surface area contributed by atoms with E-state index in [4.69, 9.17) is 0 Å². The molecule has 1 rings (SSSR count). The van der Waals surface area contributed by atoms with Crippen LogP contribution in [-0.2, 0) is 29.1 Å². The van der Waals surface area contributed by atoms with E-state index in [1.165, 1.54) is 0 Å². The average molecular weight is 168 g/mol. The molecular formula is HKO6S. The van der Waals surface area contributed by atoms with Crippen LogP contribution in [0, 0.1) is 0 Å². The van der Waals surface area contributed by atoms with E-state index in [0.29, 0.717) is 0 Å². The quantitative estimate of drug-likeness (QED) is 0.272. The third kappa shape index (κ3) is 2.82. The van der Waals surface area contributed by atoms with Gasteiger partial charge in [0.05, 0.1) is 0 Å². The van der Waals surface area contributed by atoms with Crippen LogP contribution in [0.15, 0.2) is 0 Å². The smallest absolute Gasteiger partial charge is 1.00 e. The molecule has 0 aromatic heterocycles. The van der Waals surface area contributed by atoms with Crippen molar-refractivity contribution in [3.8, 4) is 0 Å². The summed E-state index contributed by atoms with van der Waals surface area (Å²) >= 11 is 0. The van der Waals surface area contributed by atoms with E-state index >= 15 is 0 Å². The molecule has 6 nitrogen and oxygen atoms in total. The maximum atomic E-state index is 9.74. The Balaban J connectivity index is 0. The standard InChI is InChI=1S/K.O6S.H/c;1-7(2)5-3-4-6-7;/q+1;;-1. The monoisotopic (exact) mass is 168 g/mol. The fraction of sp³-hybridized carbons (Fsp3) is 0. The van der Waals surface area contributed by atoms with Crippen LogP contribution in [0.25, 0.3) is 0 Å². The van der Waals surface area contributed by atoms with Gasteiger partial charge >= 0.3 is 61.8 Å². The van der Waals surface area contributed by atoms with Crippen molar-refractivity contribution in [3.05, 3.63) is 0 Å². The van der Waals surface area contributed by atoms with Gasteiger partial charge < -0.3 is 1.43 Å². The molecule has 0 N–H and O–H groups in total. The van der Waals surface area contributed by atoms with Gasteiger partial charge in [-0.05, 0) is 18.7 Å². The predicted octanol–water partition coefficient (Wildman–Crippen LogP) is -3.83. The molecule has 0 aliphatic carbocycles. The van der Waals surface area contributed by atoms with Crippen LogP contribution in [0.1, 0.15) is 1.43 Å². The zero-order chi connectivity index (χ0) is 5.33. The number of rotatable bonds is 0. The summed E-state index contributed by atoms with van der Waals surface area (Å²) in [5, 5.41) is 6.70. The number of hydrogen-bond donors (Lipinski definition) is 0. The second-order valence-electron chi connectivity index (χ2n) is 0.680. The van der Waals surface area contributed by atoms with Crippen LogP contribution in [-0.4, -0.2) is 8.42 Å². The van der Waals surface area contributed by atoms with Crippen molar-refractivity contribution in [1.82, 2.24) is 0 Å². The summed E-state index contributed by atoms with van der Waals surface area (Å²) in [6.07, 6.45) is 0. The molecule has 0 unspecified atom stereocenters. The summed E-state index contributed by atoms with van der Waals surface area (Å²) in [5.74, 6) is 0. The Labute approximate surface area is 89.1 Å². The van der Waals surface area contributed by atoms with Crippen molar-refractivity contribution in [2.75, 3.05) is 0 Å². The number of hydrogen-bond acceptors (Lipinski definition) is 6. The van der Waals surface area contributed by atoms with Crippen molar-refractivity contribution >= 4 is 10.4 Å². The molecule has 0 amide bonds. The SMILES string of the molecule is O=S1(=O)OOOO1.[H-].[K+]. The predicted molar refractivity (Wildman–Crippen MR) is 14.4 cm³/mol. The molecular weight excluding hydrogens is 167 g/mol. The van der Waals surface area contributed by atoms with E-state index in [1.54, 1.807) is 0 Å². The minimum atomic E-state index is -3.99. The summed E-state index contributed by atoms with van der Waals surface area (Å²) < 4.78 is 26.2. The van der Waals surface area contributed by atoms with Gasteiger partial charge in [-0.15, -0.1) is 0 Å². The van der Waals surface area contributed by atoms with E-state index in [-0.39, 0.29) is 52.8 Å². The molecule has 0 aromatic rings. The molecule has 1 aliphatic rings. The summed E-state index contributed by atoms with van der Waals surface area (Å²) in [5.41, 5.74) is 0. The summed E-state index contributed by atoms with van der Waals surface area (Å²) in [4.78, 5) is 0. The molecule has 44 valence electrons. The van der Waals surface area contributed by atoms with Crippen LogP contribution in [0.2, 0.25) is 0 Å². The molecule has 1 saturated heterocycles. The van der Waals surface area contributed by atoms with Crippen LogP contribution in [0.5, 0.6) is 0 Å². The van der Waals surface area contributed by atoms with Gasteiger partial charge in [-0.2, -0.15) is 8.42 Å². The Kier molecular flexibility index (Phi) is 4.19. The van der Waals surface area contributed by atoms with Crippen LogP contribution in [0.3, 0.4) is 0 Å². The topological polar surface area (TPSA) is 71.1 Å². The average Bonchev–Trinajstić information content (AvgIpc) is 1.84. The molecule has 0 saturated carbocycles. The van der Waals surface area contributed by atoms with Gasteiger partial charge in [-0.3, -0.25) is 0 Å². The minimum Gasteiger partial charge on any atom is -1.00 e. The molecule has 0 bridgehead atoms. The summed E-state index contributed by atoms with van der Waals surface area (Å²) in [6, 6.07) is 0. The van der Waals surface area contributed by atoms with Gasteiger partial charge in [-0.25, -0.2) is 0 Å². The van der Waals surface area contributed by atoms with Crippen molar-refractivity contribution in [2.45, 2.75) is 0 Å². The first kappa shape index (κ1) is 9.43. The van der Waals surface area contributed by atoms with Gasteiger partial charge in [0.2, 0.25) is 0 Å². The molecule has 0 atom stereocenters. The molecule has 1 fully saturated rings. The van der Waals surface area contributed by atoms with Crippen molar-refractivity contribution < 1.29 is 80.0 Å². The Morgan fingerprint density at radius 3 is 1.62 bits per heavy atom. The Bertz CT molecular complexity index is 136. The summed E-state index contributed by atoms with van der Waals surface area (Å²) in [7, 11) is -3.99.